The van der Waals surface area contributed by atoms with E-state index in [-0.39, 0.29) is 33.4 Å². The van der Waals surface area contributed by atoms with Crippen LogP contribution in [0.5, 0.6) is 11.5 Å². The van der Waals surface area contributed by atoms with Gasteiger partial charge in [-0.25, -0.2) is 13.8 Å². The van der Waals surface area contributed by atoms with Gasteiger partial charge in [0.25, 0.3) is 0 Å². The van der Waals surface area contributed by atoms with E-state index in [0.29, 0.717) is 6.07 Å². The average Bonchev–Trinajstić information content (AvgIpc) is 2.50. The zero-order valence-corrected chi connectivity index (χ0v) is 15.4. The van der Waals surface area contributed by atoms with Crippen molar-refractivity contribution >= 4 is 29.4 Å². The number of hydrogen-bond acceptors (Lipinski definition) is 4. The maximum atomic E-state index is 14.3. The summed E-state index contributed by atoms with van der Waals surface area (Å²) < 4.78 is 74.8. The summed E-state index contributed by atoms with van der Waals surface area (Å²) in [4.78, 5) is 4.31. The molecule has 0 atom stereocenters. The quantitative estimate of drug-likeness (QED) is 0.439. The SMILES string of the molecule is CC1(C)N=C(c2ccc(F)cc2F)c2c(Cl)cc(OSC(F)(F)F)cc2O1. The molecule has 144 valence electrons. The second-order valence-corrected chi connectivity index (χ2v) is 7.23. The molecule has 0 N–H and O–H groups in total. The van der Waals surface area contributed by atoms with Crippen LogP contribution >= 0.6 is 23.6 Å². The van der Waals surface area contributed by atoms with E-state index in [9.17, 15) is 22.0 Å². The van der Waals surface area contributed by atoms with Crippen molar-refractivity contribution in [1.29, 1.82) is 0 Å². The highest BCUT2D eigenvalue weighted by molar-refractivity contribution is 7.95. The van der Waals surface area contributed by atoms with Crippen molar-refractivity contribution in [3.05, 3.63) is 58.1 Å². The Morgan fingerprint density at radius 2 is 1.85 bits per heavy atom. The first-order valence-corrected chi connectivity index (χ1v) is 8.58. The summed E-state index contributed by atoms with van der Waals surface area (Å²) in [5.74, 6) is -1.75. The molecule has 1 aliphatic rings. The van der Waals surface area contributed by atoms with Gasteiger partial charge in [-0.15, -0.1) is 0 Å². The second kappa shape index (κ2) is 6.87. The molecular formula is C17H11ClF5NO2S. The Balaban J connectivity index is 2.10. The highest BCUT2D eigenvalue weighted by Gasteiger charge is 2.34. The van der Waals surface area contributed by atoms with E-state index >= 15 is 0 Å². The van der Waals surface area contributed by atoms with Gasteiger partial charge in [-0.2, -0.15) is 13.2 Å². The van der Waals surface area contributed by atoms with Crippen molar-refractivity contribution in [2.75, 3.05) is 0 Å². The summed E-state index contributed by atoms with van der Waals surface area (Å²) in [5.41, 5.74) is -5.52. The Morgan fingerprint density at radius 3 is 2.48 bits per heavy atom. The fraction of sp³-hybridized carbons (Fsp3) is 0.235. The molecule has 2 aromatic carbocycles. The van der Waals surface area contributed by atoms with Crippen LogP contribution in [-0.2, 0) is 0 Å². The molecule has 0 bridgehead atoms. The number of hydrogen-bond donors (Lipinski definition) is 0. The molecule has 0 amide bonds. The largest absolute Gasteiger partial charge is 0.479 e. The van der Waals surface area contributed by atoms with Gasteiger partial charge in [0.05, 0.1) is 16.3 Å². The monoisotopic (exact) mass is 423 g/mol. The maximum Gasteiger partial charge on any atom is 0.479 e. The van der Waals surface area contributed by atoms with E-state index in [4.69, 9.17) is 16.3 Å². The van der Waals surface area contributed by atoms with Gasteiger partial charge < -0.3 is 8.92 Å². The van der Waals surface area contributed by atoms with Gasteiger partial charge in [0.2, 0.25) is 0 Å². The first-order valence-electron chi connectivity index (χ1n) is 7.46. The van der Waals surface area contributed by atoms with Crippen LogP contribution in [0.4, 0.5) is 22.0 Å². The minimum Gasteiger partial charge on any atom is -0.466 e. The van der Waals surface area contributed by atoms with Crippen molar-refractivity contribution in [2.45, 2.75) is 25.1 Å². The lowest BCUT2D eigenvalue weighted by Crippen LogP contribution is -2.33. The fourth-order valence-corrected chi connectivity index (χ4v) is 3.08. The van der Waals surface area contributed by atoms with E-state index in [1.165, 1.54) is 12.1 Å². The molecule has 0 fully saturated rings. The normalized spacial score (nSPS) is 15.6. The second-order valence-electron chi connectivity index (χ2n) is 6.02. The molecule has 0 saturated heterocycles. The molecule has 1 aliphatic heterocycles. The number of alkyl halides is 3. The zero-order chi connectivity index (χ0) is 20.0. The van der Waals surface area contributed by atoms with Crippen molar-refractivity contribution in [1.82, 2.24) is 0 Å². The lowest BCUT2D eigenvalue weighted by atomic mass is 9.98. The van der Waals surface area contributed by atoms with Crippen LogP contribution in [0, 0.1) is 11.6 Å². The van der Waals surface area contributed by atoms with Gasteiger partial charge in [0.15, 0.2) is 17.8 Å². The number of halogens is 6. The van der Waals surface area contributed by atoms with Crippen molar-refractivity contribution in [3.63, 3.8) is 0 Å². The summed E-state index contributed by atoms with van der Waals surface area (Å²) in [7, 11) is 0. The van der Waals surface area contributed by atoms with Crippen LogP contribution in [0.15, 0.2) is 35.3 Å². The van der Waals surface area contributed by atoms with Crippen molar-refractivity contribution in [3.8, 4) is 11.5 Å². The lowest BCUT2D eigenvalue weighted by Gasteiger charge is -2.31. The molecule has 3 rings (SSSR count). The van der Waals surface area contributed by atoms with Gasteiger partial charge in [0.1, 0.15) is 23.1 Å². The van der Waals surface area contributed by atoms with Crippen LogP contribution < -0.4 is 8.92 Å². The molecule has 0 aliphatic carbocycles. The highest BCUT2D eigenvalue weighted by Crippen LogP contribution is 2.42. The molecule has 27 heavy (non-hydrogen) atoms. The van der Waals surface area contributed by atoms with Crippen molar-refractivity contribution < 1.29 is 30.9 Å². The summed E-state index contributed by atoms with van der Waals surface area (Å²) >= 11 is 5.49. The molecular weight excluding hydrogens is 413 g/mol. The molecule has 0 spiro atoms. The Labute approximate surface area is 160 Å². The van der Waals surface area contributed by atoms with E-state index in [0.717, 1.165) is 12.1 Å². The van der Waals surface area contributed by atoms with Gasteiger partial charge >= 0.3 is 5.51 Å². The Hall–Kier alpha value is -2.00. The number of fused-ring (bicyclic) bond motifs is 1. The average molecular weight is 424 g/mol. The minimum absolute atomic E-state index is 0.0192. The van der Waals surface area contributed by atoms with Gasteiger partial charge in [-0.05, 0) is 26.0 Å². The smallest absolute Gasteiger partial charge is 0.466 e. The Morgan fingerprint density at radius 1 is 1.15 bits per heavy atom. The molecule has 10 heteroatoms. The highest BCUT2D eigenvalue weighted by atomic mass is 35.5. The molecule has 0 aromatic heterocycles. The third-order valence-corrected chi connectivity index (χ3v) is 4.19. The first-order chi connectivity index (χ1) is 12.5. The lowest BCUT2D eigenvalue weighted by molar-refractivity contribution is -0.0369. The molecule has 0 radical (unpaired) electrons. The number of aliphatic imine (C=N–C) groups is 1. The van der Waals surface area contributed by atoms with Crippen LogP contribution in [0.2, 0.25) is 5.02 Å². The molecule has 1 heterocycles. The van der Waals surface area contributed by atoms with Gasteiger partial charge in [-0.3, -0.25) is 0 Å². The predicted octanol–water partition coefficient (Wildman–Crippen LogP) is 6.13. The zero-order valence-electron chi connectivity index (χ0n) is 13.8. The summed E-state index contributed by atoms with van der Waals surface area (Å²) in [6.07, 6.45) is 0. The predicted molar refractivity (Wildman–Crippen MR) is 92.4 cm³/mol. The topological polar surface area (TPSA) is 30.8 Å². The molecule has 0 unspecified atom stereocenters. The molecule has 2 aromatic rings. The van der Waals surface area contributed by atoms with E-state index in [1.54, 1.807) is 13.8 Å². The minimum atomic E-state index is -4.60. The molecule has 3 nitrogen and oxygen atoms in total. The summed E-state index contributed by atoms with van der Waals surface area (Å²) in [6.45, 7) is 3.15. The fourth-order valence-electron chi connectivity index (χ4n) is 2.51. The van der Waals surface area contributed by atoms with Crippen molar-refractivity contribution in [2.24, 2.45) is 4.99 Å². The van der Waals surface area contributed by atoms with Gasteiger partial charge in [-0.1, -0.05) is 11.6 Å². The first kappa shape index (κ1) is 19.8. The van der Waals surface area contributed by atoms with Crippen LogP contribution in [0.1, 0.15) is 25.0 Å². The number of nitrogens with zero attached hydrogens (tertiary/aromatic N) is 1. The van der Waals surface area contributed by atoms with Gasteiger partial charge in [0, 0.05) is 23.8 Å². The van der Waals surface area contributed by atoms with E-state index in [1.807, 2.05) is 0 Å². The third kappa shape index (κ3) is 4.47. The van der Waals surface area contributed by atoms with Crippen LogP contribution in [0.3, 0.4) is 0 Å². The van der Waals surface area contributed by atoms with Crippen LogP contribution in [0.25, 0.3) is 0 Å². The third-order valence-electron chi connectivity index (χ3n) is 3.42. The number of benzene rings is 2. The standard InChI is InChI=1S/C17H11ClF5NO2S/c1-16(2)24-15(10-4-3-8(19)5-12(10)20)14-11(18)6-9(7-13(14)25-16)26-27-17(21,22)23/h3-7H,1-2H3. The van der Waals surface area contributed by atoms with Crippen LogP contribution in [-0.4, -0.2) is 16.9 Å². The maximum absolute atomic E-state index is 14.3. The van der Waals surface area contributed by atoms with E-state index < -0.39 is 34.9 Å². The Kier molecular flexibility index (Phi) is 5.02. The molecule has 0 saturated carbocycles. The van der Waals surface area contributed by atoms with E-state index in [2.05, 4.69) is 9.18 Å². The number of ether oxygens (including phenoxy) is 1. The Bertz CT molecular complexity index is 930. The summed E-state index contributed by atoms with van der Waals surface area (Å²) in [5, 5.41) is -0.0525. The number of rotatable bonds is 3. The summed E-state index contributed by atoms with van der Waals surface area (Å²) in [6, 6.07) is 5.31.